The van der Waals surface area contributed by atoms with Gasteiger partial charge in [0.15, 0.2) is 11.1 Å². The lowest BCUT2D eigenvalue weighted by molar-refractivity contribution is 0.102. The lowest BCUT2D eigenvalue weighted by Crippen LogP contribution is -2.15. The lowest BCUT2D eigenvalue weighted by Gasteiger charge is -2.08. The summed E-state index contributed by atoms with van der Waals surface area (Å²) in [7, 11) is 0. The minimum Gasteiger partial charge on any atom is -0.494 e. The molecule has 0 spiro atoms. The minimum atomic E-state index is -2.14. The Hall–Kier alpha value is -4.12. The number of carbonyl (C=O) groups is 1. The molecule has 0 saturated heterocycles. The molecule has 252 valence electrons. The number of hydrogen-bond donors (Lipinski definition) is 3. The van der Waals surface area contributed by atoms with E-state index in [1.54, 1.807) is 18.2 Å². The monoisotopic (exact) mass is 685 g/mol. The van der Waals surface area contributed by atoms with E-state index in [9.17, 15) is 18.4 Å². The first-order chi connectivity index (χ1) is 23.4. The van der Waals surface area contributed by atoms with E-state index in [0.717, 1.165) is 34.3 Å². The van der Waals surface area contributed by atoms with E-state index in [-0.39, 0.29) is 22.2 Å². The second kappa shape index (κ2) is 17.9. The first-order valence-corrected chi connectivity index (χ1v) is 18.6. The highest BCUT2D eigenvalue weighted by Gasteiger charge is 2.20. The number of aromatic nitrogens is 2. The highest BCUT2D eigenvalue weighted by atomic mass is 32.2. The average molecular weight is 686 g/mol. The molecule has 4 aromatic carbocycles. The van der Waals surface area contributed by atoms with Crippen LogP contribution >= 0.6 is 11.8 Å². The van der Waals surface area contributed by atoms with Gasteiger partial charge >= 0.3 is 0 Å². The van der Waals surface area contributed by atoms with Crippen LogP contribution in [0, 0.1) is 0 Å². The molecule has 8 nitrogen and oxygen atoms in total. The zero-order chi connectivity index (χ0) is 33.7. The Balaban J connectivity index is 1.24. The molecule has 0 aliphatic heterocycles. The number of H-pyrrole nitrogens is 1. The first kappa shape index (κ1) is 35.2. The molecule has 0 saturated carbocycles. The number of aromatic amines is 1. The number of benzene rings is 4. The van der Waals surface area contributed by atoms with Gasteiger partial charge in [0.05, 0.1) is 17.2 Å². The van der Waals surface area contributed by atoms with Gasteiger partial charge in [0.1, 0.15) is 16.5 Å². The van der Waals surface area contributed by atoms with Gasteiger partial charge in [0.2, 0.25) is 0 Å². The summed E-state index contributed by atoms with van der Waals surface area (Å²) < 4.78 is 28.2. The number of unbranched alkanes of at least 4 members (excludes halogenated alkanes) is 9. The van der Waals surface area contributed by atoms with Crippen molar-refractivity contribution in [2.45, 2.75) is 85.8 Å². The van der Waals surface area contributed by atoms with Gasteiger partial charge in [0.25, 0.3) is 11.5 Å². The average Bonchev–Trinajstić information content (AvgIpc) is 3.41. The van der Waals surface area contributed by atoms with Crippen molar-refractivity contribution >= 4 is 45.3 Å². The maximum Gasteiger partial charge on any atom is 0.287 e. The highest BCUT2D eigenvalue weighted by molar-refractivity contribution is 7.99. The lowest BCUT2D eigenvalue weighted by atomic mass is 10.1. The molecule has 3 N–H and O–H groups in total. The van der Waals surface area contributed by atoms with Crippen molar-refractivity contribution in [3.63, 3.8) is 0 Å². The van der Waals surface area contributed by atoms with Crippen molar-refractivity contribution in [1.82, 2.24) is 9.78 Å². The van der Waals surface area contributed by atoms with Crippen LogP contribution in [0.3, 0.4) is 0 Å². The minimum absolute atomic E-state index is 0.216. The summed E-state index contributed by atoms with van der Waals surface area (Å²) in [6, 6.07) is 26.9. The van der Waals surface area contributed by atoms with Crippen LogP contribution in [-0.2, 0) is 11.1 Å². The van der Waals surface area contributed by atoms with E-state index in [1.807, 2.05) is 60.7 Å². The summed E-state index contributed by atoms with van der Waals surface area (Å²) in [6.45, 7) is 2.91. The summed E-state index contributed by atoms with van der Waals surface area (Å²) in [6.07, 6.45) is 12.7. The molecule has 0 aliphatic rings. The summed E-state index contributed by atoms with van der Waals surface area (Å²) in [5, 5.41) is 7.89. The Labute approximate surface area is 288 Å². The fraction of sp³-hybridized carbons (Fsp3) is 0.316. The number of anilines is 1. The van der Waals surface area contributed by atoms with Gasteiger partial charge in [-0.3, -0.25) is 14.7 Å². The second-order valence-corrected chi connectivity index (χ2v) is 13.9. The smallest absolute Gasteiger partial charge is 0.287 e. The van der Waals surface area contributed by atoms with Crippen molar-refractivity contribution in [1.29, 1.82) is 0 Å². The van der Waals surface area contributed by atoms with Gasteiger partial charge in [-0.25, -0.2) is 8.89 Å². The molecule has 1 aromatic heterocycles. The molecule has 5 rings (SSSR count). The Morgan fingerprint density at radius 2 is 1.48 bits per heavy atom. The zero-order valence-corrected chi connectivity index (χ0v) is 28.9. The summed E-state index contributed by atoms with van der Waals surface area (Å²) in [4.78, 5) is 28.4. The van der Waals surface area contributed by atoms with Crippen LogP contribution in [0.15, 0.2) is 110 Å². The second-order valence-electron chi connectivity index (χ2n) is 11.8. The molecular weight excluding hydrogens is 643 g/mol. The topological polar surface area (TPSA) is 113 Å². The van der Waals surface area contributed by atoms with Crippen LogP contribution in [-0.4, -0.2) is 31.1 Å². The van der Waals surface area contributed by atoms with Crippen LogP contribution in [0.5, 0.6) is 5.75 Å². The number of rotatable bonds is 18. The Bertz CT molecular complexity index is 1870. The molecule has 0 bridgehead atoms. The van der Waals surface area contributed by atoms with Gasteiger partial charge in [-0.1, -0.05) is 107 Å². The molecule has 10 heteroatoms. The molecule has 1 atom stereocenters. The van der Waals surface area contributed by atoms with Gasteiger partial charge in [-0.05, 0) is 77.9 Å². The first-order valence-electron chi connectivity index (χ1n) is 16.7. The third-order valence-electron chi connectivity index (χ3n) is 8.21. The number of hydrogen-bond acceptors (Lipinski definition) is 5. The predicted molar refractivity (Wildman–Crippen MR) is 195 cm³/mol. The third-order valence-corrected chi connectivity index (χ3v) is 9.97. The van der Waals surface area contributed by atoms with Gasteiger partial charge in [0, 0.05) is 10.5 Å². The predicted octanol–water partition coefficient (Wildman–Crippen LogP) is 9.60. The summed E-state index contributed by atoms with van der Waals surface area (Å²) >= 11 is -0.907. The maximum absolute atomic E-state index is 13.7. The van der Waals surface area contributed by atoms with Crippen LogP contribution in [0.2, 0.25) is 0 Å². The van der Waals surface area contributed by atoms with E-state index in [1.165, 1.54) is 79.9 Å². The van der Waals surface area contributed by atoms with E-state index >= 15 is 0 Å². The number of nitrogens with zero attached hydrogens (tertiary/aromatic N) is 1. The van der Waals surface area contributed by atoms with Crippen molar-refractivity contribution in [2.75, 3.05) is 11.9 Å². The largest absolute Gasteiger partial charge is 0.494 e. The Morgan fingerprint density at radius 3 is 2.15 bits per heavy atom. The van der Waals surface area contributed by atoms with Crippen LogP contribution in [0.1, 0.15) is 81.5 Å². The van der Waals surface area contributed by atoms with Gasteiger partial charge < -0.3 is 14.6 Å². The Kier molecular flexibility index (Phi) is 13.1. The molecule has 1 heterocycles. The van der Waals surface area contributed by atoms with Crippen molar-refractivity contribution in [3.05, 3.63) is 107 Å². The quantitative estimate of drug-likeness (QED) is 0.0625. The van der Waals surface area contributed by atoms with E-state index in [4.69, 9.17) is 4.74 Å². The number of nitrogens with one attached hydrogen (secondary N) is 2. The number of ether oxygens (including phenoxy) is 1. The molecule has 0 aliphatic carbocycles. The molecule has 1 unspecified atom stereocenters. The molecule has 5 aromatic rings. The Morgan fingerprint density at radius 1 is 0.833 bits per heavy atom. The molecule has 1 amide bonds. The summed E-state index contributed by atoms with van der Waals surface area (Å²) in [5.74, 6) is 0.657. The van der Waals surface area contributed by atoms with E-state index in [2.05, 4.69) is 17.3 Å². The maximum atomic E-state index is 13.7. The SMILES string of the molecule is CCCCCCCCCCCCOc1ccc(Sc2c(NC(=O)c3ccc4ccccc4c3)[nH]n(-c3ccc(S(=O)O)cc3)c2=O)cc1. The fourth-order valence-electron chi connectivity index (χ4n) is 5.51. The number of carbonyl (C=O) groups excluding carboxylic acids is 1. The van der Waals surface area contributed by atoms with E-state index < -0.39 is 11.1 Å². The van der Waals surface area contributed by atoms with E-state index in [0.29, 0.717) is 22.8 Å². The summed E-state index contributed by atoms with van der Waals surface area (Å²) in [5.41, 5.74) is 0.544. The van der Waals surface area contributed by atoms with Crippen LogP contribution < -0.4 is 15.6 Å². The van der Waals surface area contributed by atoms with Crippen molar-refractivity contribution in [3.8, 4) is 11.4 Å². The highest BCUT2D eigenvalue weighted by Crippen LogP contribution is 2.32. The van der Waals surface area contributed by atoms with Crippen molar-refractivity contribution in [2.24, 2.45) is 0 Å². The standard InChI is InChI=1S/C38H43N3O5S2/c1-2-3-4-5-6-7-8-9-10-13-26-46-32-20-22-33(23-21-32)47-35-36(39-37(42)30-17-16-28-14-11-12-15-29(28)27-30)40-41(38(35)43)31-18-24-34(25-19-31)48(44)45/h11-12,14-25,27,40H,2-10,13,26H2,1H3,(H,39,42)(H,44,45). The number of amides is 1. The molecule has 0 fully saturated rings. The zero-order valence-electron chi connectivity index (χ0n) is 27.3. The molecular formula is C38H43N3O5S2. The molecule has 0 radical (unpaired) electrons. The van der Waals surface area contributed by atoms with Crippen LogP contribution in [0.25, 0.3) is 16.5 Å². The van der Waals surface area contributed by atoms with Crippen LogP contribution in [0.4, 0.5) is 5.82 Å². The fourth-order valence-corrected chi connectivity index (χ4v) is 6.77. The van der Waals surface area contributed by atoms with Gasteiger partial charge in [-0.15, -0.1) is 0 Å². The third kappa shape index (κ3) is 9.71. The molecule has 48 heavy (non-hydrogen) atoms. The van der Waals surface area contributed by atoms with Crippen molar-refractivity contribution < 1.29 is 18.3 Å². The number of fused-ring (bicyclic) bond motifs is 1. The van der Waals surface area contributed by atoms with Gasteiger partial charge in [-0.2, -0.15) is 0 Å². The normalized spacial score (nSPS) is 11.9.